The third kappa shape index (κ3) is 5.46. The molecule has 0 heterocycles. The van der Waals surface area contributed by atoms with Crippen molar-refractivity contribution >= 4 is 35.0 Å². The Morgan fingerprint density at radius 3 is 2.21 bits per heavy atom. The van der Waals surface area contributed by atoms with E-state index in [1.165, 1.54) is 38.4 Å². The van der Waals surface area contributed by atoms with Crippen molar-refractivity contribution < 1.29 is 23.8 Å². The van der Waals surface area contributed by atoms with Crippen LogP contribution in [0.1, 0.15) is 15.9 Å². The zero-order valence-electron chi connectivity index (χ0n) is 16.5. The SMILES string of the molecule is COc1cc(C(=O)NCC(=O)N(C)Cc2cccc(Cl)c2Cl)cc(OC)c1OC. The lowest BCUT2D eigenvalue weighted by Crippen LogP contribution is -2.37. The third-order valence-electron chi connectivity index (χ3n) is 4.19. The van der Waals surface area contributed by atoms with Crippen LogP contribution >= 0.6 is 23.2 Å². The fourth-order valence-electron chi connectivity index (χ4n) is 2.62. The maximum Gasteiger partial charge on any atom is 0.251 e. The van der Waals surface area contributed by atoms with Crippen LogP contribution in [0.3, 0.4) is 0 Å². The van der Waals surface area contributed by atoms with Gasteiger partial charge in [0.05, 0.1) is 37.9 Å². The van der Waals surface area contributed by atoms with Gasteiger partial charge in [-0.05, 0) is 23.8 Å². The Kier molecular flexibility index (Phi) is 7.99. The van der Waals surface area contributed by atoms with Gasteiger partial charge in [0.15, 0.2) is 11.5 Å². The first-order chi connectivity index (χ1) is 13.8. The summed E-state index contributed by atoms with van der Waals surface area (Å²) in [5.74, 6) is 0.321. The molecule has 0 saturated carbocycles. The van der Waals surface area contributed by atoms with Crippen molar-refractivity contribution in [1.29, 1.82) is 0 Å². The van der Waals surface area contributed by atoms with Gasteiger partial charge in [-0.2, -0.15) is 0 Å². The fraction of sp³-hybridized carbons (Fsp3) is 0.300. The summed E-state index contributed by atoms with van der Waals surface area (Å²) in [6.45, 7) is 0.0719. The molecule has 0 spiro atoms. The Bertz CT molecular complexity index is 879. The minimum Gasteiger partial charge on any atom is -0.493 e. The summed E-state index contributed by atoms with van der Waals surface area (Å²) in [5, 5.41) is 3.41. The number of nitrogens with one attached hydrogen (secondary N) is 1. The molecule has 0 saturated heterocycles. The molecule has 0 aliphatic carbocycles. The van der Waals surface area contributed by atoms with Gasteiger partial charge in [0.2, 0.25) is 11.7 Å². The largest absolute Gasteiger partial charge is 0.493 e. The second-order valence-electron chi connectivity index (χ2n) is 6.06. The van der Waals surface area contributed by atoms with E-state index < -0.39 is 5.91 Å². The van der Waals surface area contributed by atoms with Crippen LogP contribution in [0.5, 0.6) is 17.2 Å². The van der Waals surface area contributed by atoms with Crippen molar-refractivity contribution in [3.8, 4) is 17.2 Å². The summed E-state index contributed by atoms with van der Waals surface area (Å²) in [4.78, 5) is 26.3. The molecule has 0 unspecified atom stereocenters. The number of rotatable bonds is 8. The smallest absolute Gasteiger partial charge is 0.251 e. The number of hydrogen-bond donors (Lipinski definition) is 1. The van der Waals surface area contributed by atoms with E-state index in [9.17, 15) is 9.59 Å². The Morgan fingerprint density at radius 2 is 1.66 bits per heavy atom. The van der Waals surface area contributed by atoms with Gasteiger partial charge >= 0.3 is 0 Å². The number of hydrogen-bond acceptors (Lipinski definition) is 5. The Labute approximate surface area is 179 Å². The first-order valence-corrected chi connectivity index (χ1v) is 9.33. The molecule has 0 fully saturated rings. The highest BCUT2D eigenvalue weighted by molar-refractivity contribution is 6.42. The number of halogens is 2. The number of amides is 2. The zero-order valence-corrected chi connectivity index (χ0v) is 18.1. The lowest BCUT2D eigenvalue weighted by Gasteiger charge is -2.19. The van der Waals surface area contributed by atoms with E-state index in [0.717, 1.165) is 0 Å². The van der Waals surface area contributed by atoms with Crippen molar-refractivity contribution in [3.63, 3.8) is 0 Å². The molecule has 1 N–H and O–H groups in total. The number of ether oxygens (including phenoxy) is 3. The van der Waals surface area contributed by atoms with Gasteiger partial charge in [0.1, 0.15) is 0 Å². The second-order valence-corrected chi connectivity index (χ2v) is 6.84. The molecule has 0 radical (unpaired) electrons. The van der Waals surface area contributed by atoms with Gasteiger partial charge in [0, 0.05) is 19.2 Å². The molecule has 7 nitrogen and oxygen atoms in total. The molecule has 0 aliphatic heterocycles. The Balaban J connectivity index is 2.04. The van der Waals surface area contributed by atoms with E-state index in [-0.39, 0.29) is 24.6 Å². The van der Waals surface area contributed by atoms with Crippen LogP contribution in [0.25, 0.3) is 0 Å². The minimum absolute atomic E-state index is 0.190. The number of benzene rings is 2. The van der Waals surface area contributed by atoms with Crippen LogP contribution in [0.2, 0.25) is 10.0 Å². The summed E-state index contributed by atoms with van der Waals surface area (Å²) in [6.07, 6.45) is 0. The molecule has 0 atom stereocenters. The van der Waals surface area contributed by atoms with Crippen LogP contribution in [0.15, 0.2) is 30.3 Å². The van der Waals surface area contributed by atoms with Crippen molar-refractivity contribution in [2.24, 2.45) is 0 Å². The van der Waals surface area contributed by atoms with Gasteiger partial charge in [-0.15, -0.1) is 0 Å². The third-order valence-corrected chi connectivity index (χ3v) is 5.05. The topological polar surface area (TPSA) is 77.1 Å². The Morgan fingerprint density at radius 1 is 1.03 bits per heavy atom. The minimum atomic E-state index is -0.452. The van der Waals surface area contributed by atoms with E-state index in [2.05, 4.69) is 5.32 Å². The lowest BCUT2D eigenvalue weighted by molar-refractivity contribution is -0.129. The van der Waals surface area contributed by atoms with Crippen LogP contribution in [0, 0.1) is 0 Å². The van der Waals surface area contributed by atoms with Gasteiger partial charge in [-0.3, -0.25) is 9.59 Å². The van der Waals surface area contributed by atoms with Crippen molar-refractivity contribution in [3.05, 3.63) is 51.5 Å². The summed E-state index contributed by atoms with van der Waals surface area (Å²) in [7, 11) is 6.00. The van der Waals surface area contributed by atoms with Crippen LogP contribution in [-0.4, -0.2) is 51.6 Å². The molecule has 156 valence electrons. The number of carbonyl (C=O) groups excluding carboxylic acids is 2. The maximum absolute atomic E-state index is 12.5. The molecule has 0 aromatic heterocycles. The van der Waals surface area contributed by atoms with E-state index in [1.807, 2.05) is 0 Å². The van der Waals surface area contributed by atoms with Crippen LogP contribution < -0.4 is 19.5 Å². The summed E-state index contributed by atoms with van der Waals surface area (Å²) in [6, 6.07) is 8.24. The van der Waals surface area contributed by atoms with Crippen molar-refractivity contribution in [1.82, 2.24) is 10.2 Å². The average Bonchev–Trinajstić information content (AvgIpc) is 2.73. The molecule has 0 aliphatic rings. The molecular formula is C20H22Cl2N2O5. The summed E-state index contributed by atoms with van der Waals surface area (Å²) < 4.78 is 15.7. The van der Waals surface area contributed by atoms with E-state index >= 15 is 0 Å². The van der Waals surface area contributed by atoms with E-state index in [0.29, 0.717) is 32.9 Å². The average molecular weight is 441 g/mol. The number of carbonyl (C=O) groups is 2. The van der Waals surface area contributed by atoms with Gasteiger partial charge in [-0.25, -0.2) is 0 Å². The molecular weight excluding hydrogens is 419 g/mol. The number of methoxy groups -OCH3 is 3. The molecule has 9 heteroatoms. The summed E-state index contributed by atoms with van der Waals surface area (Å²) in [5.41, 5.74) is 0.985. The zero-order chi connectivity index (χ0) is 21.6. The van der Waals surface area contributed by atoms with Crippen molar-refractivity contribution in [2.45, 2.75) is 6.54 Å². The maximum atomic E-state index is 12.5. The molecule has 2 rings (SSSR count). The summed E-state index contributed by atoms with van der Waals surface area (Å²) >= 11 is 12.2. The molecule has 0 bridgehead atoms. The molecule has 2 aromatic carbocycles. The van der Waals surface area contributed by atoms with E-state index in [1.54, 1.807) is 25.2 Å². The monoisotopic (exact) mass is 440 g/mol. The van der Waals surface area contributed by atoms with Crippen molar-refractivity contribution in [2.75, 3.05) is 34.9 Å². The van der Waals surface area contributed by atoms with Crippen LogP contribution in [0.4, 0.5) is 0 Å². The quantitative estimate of drug-likeness (QED) is 0.680. The number of likely N-dealkylation sites (N-methyl/N-ethyl adjacent to an activating group) is 1. The highest BCUT2D eigenvalue weighted by Gasteiger charge is 2.18. The first kappa shape index (κ1) is 22.6. The first-order valence-electron chi connectivity index (χ1n) is 8.57. The highest BCUT2D eigenvalue weighted by Crippen LogP contribution is 2.38. The second kappa shape index (κ2) is 10.2. The van der Waals surface area contributed by atoms with E-state index in [4.69, 9.17) is 37.4 Å². The molecule has 2 aromatic rings. The van der Waals surface area contributed by atoms with Crippen LogP contribution in [-0.2, 0) is 11.3 Å². The molecule has 29 heavy (non-hydrogen) atoms. The standard InChI is InChI=1S/C20H22Cl2N2O5/c1-24(11-12-6-5-7-14(21)18(12)22)17(25)10-23-20(26)13-8-15(27-2)19(29-4)16(9-13)28-3/h5-9H,10-11H2,1-4H3,(H,23,26). The lowest BCUT2D eigenvalue weighted by atomic mass is 10.1. The Hall–Kier alpha value is -2.64. The van der Waals surface area contributed by atoms with Gasteiger partial charge in [0.25, 0.3) is 5.91 Å². The predicted molar refractivity (Wildman–Crippen MR) is 111 cm³/mol. The van der Waals surface area contributed by atoms with Gasteiger partial charge < -0.3 is 24.4 Å². The normalized spacial score (nSPS) is 10.3. The predicted octanol–water partition coefficient (Wildman–Crippen LogP) is 3.41. The molecule has 2 amide bonds. The number of nitrogens with zero attached hydrogens (tertiary/aromatic N) is 1. The van der Waals surface area contributed by atoms with Gasteiger partial charge in [-0.1, -0.05) is 35.3 Å². The fourth-order valence-corrected chi connectivity index (χ4v) is 3.00. The highest BCUT2D eigenvalue weighted by atomic mass is 35.5.